The Balaban J connectivity index is 1.59. The van der Waals surface area contributed by atoms with Crippen LogP contribution in [0, 0.1) is 0 Å². The van der Waals surface area contributed by atoms with Gasteiger partial charge in [-0.2, -0.15) is 5.10 Å². The Morgan fingerprint density at radius 1 is 1.32 bits per heavy atom. The molecule has 1 aliphatic heterocycles. The van der Waals surface area contributed by atoms with E-state index in [1.165, 1.54) is 0 Å². The standard InChI is InChI=1S/C17H23N5O3/c1-24-10-9-22-6-5-15(20-22)17(23)19-16-4-2-3-14(18-16)13-21-7-11-25-12-8-21/h2-6H,7-13H2,1H3,(H,18,19,23). The minimum absolute atomic E-state index is 0.271. The number of nitrogens with zero attached hydrogens (tertiary/aromatic N) is 4. The van der Waals surface area contributed by atoms with Gasteiger partial charge in [0.15, 0.2) is 5.69 Å². The van der Waals surface area contributed by atoms with Gasteiger partial charge >= 0.3 is 0 Å². The quantitative estimate of drug-likeness (QED) is 0.807. The lowest BCUT2D eigenvalue weighted by Crippen LogP contribution is -2.35. The second-order valence-corrected chi connectivity index (χ2v) is 5.81. The second kappa shape index (κ2) is 8.70. The summed E-state index contributed by atoms with van der Waals surface area (Å²) in [6.07, 6.45) is 1.76. The van der Waals surface area contributed by atoms with Crippen molar-refractivity contribution in [2.45, 2.75) is 13.1 Å². The molecule has 134 valence electrons. The van der Waals surface area contributed by atoms with Gasteiger partial charge in [0.25, 0.3) is 5.91 Å². The third-order valence-corrected chi connectivity index (χ3v) is 3.94. The molecule has 1 saturated heterocycles. The predicted octanol–water partition coefficient (Wildman–Crippen LogP) is 1.01. The molecule has 1 aliphatic rings. The summed E-state index contributed by atoms with van der Waals surface area (Å²) in [5.41, 5.74) is 1.28. The van der Waals surface area contributed by atoms with Crippen LogP contribution >= 0.6 is 0 Å². The van der Waals surface area contributed by atoms with Crippen LogP contribution < -0.4 is 5.32 Å². The predicted molar refractivity (Wildman–Crippen MR) is 92.4 cm³/mol. The highest BCUT2D eigenvalue weighted by Gasteiger charge is 2.13. The van der Waals surface area contributed by atoms with Crippen molar-refractivity contribution in [3.05, 3.63) is 41.9 Å². The van der Waals surface area contributed by atoms with Crippen LogP contribution in [0.5, 0.6) is 0 Å². The molecule has 25 heavy (non-hydrogen) atoms. The molecule has 0 saturated carbocycles. The normalized spacial score (nSPS) is 15.2. The van der Waals surface area contributed by atoms with E-state index in [0.717, 1.165) is 38.5 Å². The minimum Gasteiger partial charge on any atom is -0.383 e. The Morgan fingerprint density at radius 3 is 2.96 bits per heavy atom. The number of hydrogen-bond acceptors (Lipinski definition) is 6. The first-order chi connectivity index (χ1) is 12.2. The molecule has 0 bridgehead atoms. The number of amides is 1. The summed E-state index contributed by atoms with van der Waals surface area (Å²) < 4.78 is 12.0. The summed E-state index contributed by atoms with van der Waals surface area (Å²) in [6.45, 7) is 5.21. The summed E-state index contributed by atoms with van der Waals surface area (Å²) in [5, 5.41) is 7.04. The van der Waals surface area contributed by atoms with Crippen molar-refractivity contribution in [2.75, 3.05) is 45.3 Å². The zero-order valence-electron chi connectivity index (χ0n) is 14.4. The van der Waals surface area contributed by atoms with E-state index >= 15 is 0 Å². The van der Waals surface area contributed by atoms with Crippen LogP contribution in [-0.4, -0.2) is 65.6 Å². The molecule has 0 radical (unpaired) electrons. The van der Waals surface area contributed by atoms with Gasteiger partial charge in [0.1, 0.15) is 5.82 Å². The van der Waals surface area contributed by atoms with Gasteiger partial charge in [-0.05, 0) is 18.2 Å². The van der Waals surface area contributed by atoms with Crippen LogP contribution in [0.25, 0.3) is 0 Å². The monoisotopic (exact) mass is 345 g/mol. The molecule has 2 aromatic rings. The van der Waals surface area contributed by atoms with Gasteiger partial charge in [-0.1, -0.05) is 6.07 Å². The van der Waals surface area contributed by atoms with Crippen molar-refractivity contribution in [3.63, 3.8) is 0 Å². The van der Waals surface area contributed by atoms with Crippen molar-refractivity contribution in [3.8, 4) is 0 Å². The molecule has 8 heteroatoms. The number of ether oxygens (including phenoxy) is 2. The molecule has 0 unspecified atom stereocenters. The number of hydrogen-bond donors (Lipinski definition) is 1. The molecular formula is C17H23N5O3. The van der Waals surface area contributed by atoms with Crippen molar-refractivity contribution in [2.24, 2.45) is 0 Å². The summed E-state index contributed by atoms with van der Waals surface area (Å²) in [7, 11) is 1.63. The summed E-state index contributed by atoms with van der Waals surface area (Å²) in [4.78, 5) is 19.1. The van der Waals surface area contributed by atoms with Crippen molar-refractivity contribution < 1.29 is 14.3 Å². The molecule has 2 aromatic heterocycles. The van der Waals surface area contributed by atoms with E-state index in [0.29, 0.717) is 24.7 Å². The van der Waals surface area contributed by atoms with Crippen LogP contribution in [0.2, 0.25) is 0 Å². The average Bonchev–Trinajstić information content (AvgIpc) is 3.10. The van der Waals surface area contributed by atoms with Crippen LogP contribution in [-0.2, 0) is 22.6 Å². The van der Waals surface area contributed by atoms with Crippen LogP contribution in [0.1, 0.15) is 16.2 Å². The number of anilines is 1. The molecule has 8 nitrogen and oxygen atoms in total. The van der Waals surface area contributed by atoms with E-state index in [1.54, 1.807) is 30.1 Å². The van der Waals surface area contributed by atoms with Gasteiger partial charge in [-0.3, -0.25) is 14.4 Å². The van der Waals surface area contributed by atoms with Gasteiger partial charge in [-0.25, -0.2) is 4.98 Å². The third kappa shape index (κ3) is 5.09. The van der Waals surface area contributed by atoms with E-state index < -0.39 is 0 Å². The molecule has 0 aliphatic carbocycles. The average molecular weight is 345 g/mol. The lowest BCUT2D eigenvalue weighted by molar-refractivity contribution is 0.0337. The Hall–Kier alpha value is -2.29. The highest BCUT2D eigenvalue weighted by atomic mass is 16.5. The van der Waals surface area contributed by atoms with Crippen LogP contribution in [0.3, 0.4) is 0 Å². The third-order valence-electron chi connectivity index (χ3n) is 3.94. The number of aromatic nitrogens is 3. The van der Waals surface area contributed by atoms with Gasteiger partial charge in [0, 0.05) is 32.9 Å². The highest BCUT2D eigenvalue weighted by molar-refractivity contribution is 6.02. The van der Waals surface area contributed by atoms with E-state index in [9.17, 15) is 4.79 Å². The first kappa shape index (κ1) is 17.5. The molecule has 1 fully saturated rings. The topological polar surface area (TPSA) is 81.5 Å². The fourth-order valence-corrected chi connectivity index (χ4v) is 2.60. The number of carbonyl (C=O) groups is 1. The minimum atomic E-state index is -0.271. The maximum Gasteiger partial charge on any atom is 0.277 e. The highest BCUT2D eigenvalue weighted by Crippen LogP contribution is 2.10. The largest absolute Gasteiger partial charge is 0.383 e. The second-order valence-electron chi connectivity index (χ2n) is 5.81. The number of rotatable bonds is 7. The molecule has 3 heterocycles. The van der Waals surface area contributed by atoms with Crippen LogP contribution in [0.4, 0.5) is 5.82 Å². The Morgan fingerprint density at radius 2 is 2.16 bits per heavy atom. The summed E-state index contributed by atoms with van der Waals surface area (Å²) in [5.74, 6) is 0.259. The lowest BCUT2D eigenvalue weighted by Gasteiger charge is -2.26. The van der Waals surface area contributed by atoms with Crippen molar-refractivity contribution in [1.82, 2.24) is 19.7 Å². The fraction of sp³-hybridized carbons (Fsp3) is 0.471. The van der Waals surface area contributed by atoms with E-state index in [4.69, 9.17) is 9.47 Å². The zero-order chi connectivity index (χ0) is 17.5. The van der Waals surface area contributed by atoms with Gasteiger partial charge in [-0.15, -0.1) is 0 Å². The molecule has 3 rings (SSSR count). The number of morpholine rings is 1. The van der Waals surface area contributed by atoms with E-state index in [2.05, 4.69) is 20.3 Å². The van der Waals surface area contributed by atoms with Gasteiger partial charge in [0.05, 0.1) is 32.1 Å². The number of methoxy groups -OCH3 is 1. The number of carbonyl (C=O) groups excluding carboxylic acids is 1. The van der Waals surface area contributed by atoms with Gasteiger partial charge in [0.2, 0.25) is 0 Å². The van der Waals surface area contributed by atoms with Gasteiger partial charge < -0.3 is 14.8 Å². The molecule has 0 spiro atoms. The van der Waals surface area contributed by atoms with E-state index in [1.807, 2.05) is 12.1 Å². The molecule has 0 atom stereocenters. The van der Waals surface area contributed by atoms with Crippen molar-refractivity contribution in [1.29, 1.82) is 0 Å². The zero-order valence-corrected chi connectivity index (χ0v) is 14.4. The molecule has 1 N–H and O–H groups in total. The smallest absolute Gasteiger partial charge is 0.277 e. The Kier molecular flexibility index (Phi) is 6.10. The molecule has 1 amide bonds. The first-order valence-electron chi connectivity index (χ1n) is 8.34. The van der Waals surface area contributed by atoms with Crippen LogP contribution in [0.15, 0.2) is 30.5 Å². The number of nitrogens with one attached hydrogen (secondary N) is 1. The van der Waals surface area contributed by atoms with E-state index in [-0.39, 0.29) is 5.91 Å². The Labute approximate surface area is 146 Å². The molecule has 0 aromatic carbocycles. The lowest BCUT2D eigenvalue weighted by atomic mass is 10.3. The summed E-state index contributed by atoms with van der Waals surface area (Å²) >= 11 is 0. The maximum atomic E-state index is 12.3. The SMILES string of the molecule is COCCn1ccc(C(=O)Nc2cccc(CN3CCOCC3)n2)n1. The number of pyridine rings is 1. The molecular weight excluding hydrogens is 322 g/mol. The summed E-state index contributed by atoms with van der Waals surface area (Å²) in [6, 6.07) is 7.32. The first-order valence-corrected chi connectivity index (χ1v) is 8.34. The maximum absolute atomic E-state index is 12.3. The van der Waals surface area contributed by atoms with Crippen molar-refractivity contribution >= 4 is 11.7 Å². The Bertz CT molecular complexity index is 697. The fourth-order valence-electron chi connectivity index (χ4n) is 2.60.